The molecule has 13 heavy (non-hydrogen) atoms. The van der Waals surface area contributed by atoms with Crippen molar-refractivity contribution in [2.45, 2.75) is 46.0 Å². The van der Waals surface area contributed by atoms with E-state index in [0.29, 0.717) is 6.42 Å². The van der Waals surface area contributed by atoms with Crippen molar-refractivity contribution in [3.05, 3.63) is 5.92 Å². The summed E-state index contributed by atoms with van der Waals surface area (Å²) in [7, 11) is 1.45. The van der Waals surface area contributed by atoms with Crippen LogP contribution in [-0.2, 0) is 9.63 Å². The molecule has 1 amide bonds. The highest BCUT2D eigenvalue weighted by molar-refractivity contribution is 5.74. The zero-order valence-corrected chi connectivity index (χ0v) is 8.85. The van der Waals surface area contributed by atoms with Crippen LogP contribution in [0.15, 0.2) is 0 Å². The van der Waals surface area contributed by atoms with E-state index < -0.39 is 0 Å². The second-order valence-electron chi connectivity index (χ2n) is 3.50. The van der Waals surface area contributed by atoms with Gasteiger partial charge < -0.3 is 0 Å². The Kier molecular flexibility index (Phi) is 7.69. The molecule has 0 heterocycles. The van der Waals surface area contributed by atoms with Crippen LogP contribution < -0.4 is 5.48 Å². The number of rotatable bonds is 7. The summed E-state index contributed by atoms with van der Waals surface area (Å²) in [5.74, 6) is 1.43. The zero-order chi connectivity index (χ0) is 10.1. The molecule has 0 rings (SSSR count). The number of hydroxylamine groups is 1. The maximum absolute atomic E-state index is 10.9. The number of amides is 1. The highest BCUT2D eigenvalue weighted by Crippen LogP contribution is 2.10. The Morgan fingerprint density at radius 1 is 1.15 bits per heavy atom. The van der Waals surface area contributed by atoms with Crippen molar-refractivity contribution in [1.82, 2.24) is 5.48 Å². The molecule has 0 atom stereocenters. The highest BCUT2D eigenvalue weighted by Gasteiger charge is 1.99. The lowest BCUT2D eigenvalue weighted by molar-refractivity contribution is -0.131. The molecule has 0 bridgehead atoms. The van der Waals surface area contributed by atoms with E-state index in [1.807, 2.05) is 0 Å². The standard InChI is InChI=1S/C10H20NO2/c1-9(2)7-5-4-6-8-10(12)11-13-3/h4-8H2,1-3H3,(H,11,12). The van der Waals surface area contributed by atoms with Crippen molar-refractivity contribution in [2.75, 3.05) is 7.11 Å². The third kappa shape index (κ3) is 9.34. The monoisotopic (exact) mass is 186 g/mol. The van der Waals surface area contributed by atoms with Crippen LogP contribution in [-0.4, -0.2) is 13.0 Å². The summed E-state index contributed by atoms with van der Waals surface area (Å²) in [5.41, 5.74) is 2.30. The minimum Gasteiger partial charge on any atom is -0.277 e. The fraction of sp³-hybridized carbons (Fsp3) is 0.800. The summed E-state index contributed by atoms with van der Waals surface area (Å²) in [6.07, 6.45) is 4.98. The van der Waals surface area contributed by atoms with Gasteiger partial charge in [-0.05, 0) is 18.8 Å². The number of carbonyl (C=O) groups excluding carboxylic acids is 1. The molecular weight excluding hydrogens is 166 g/mol. The third-order valence-electron chi connectivity index (χ3n) is 1.80. The largest absolute Gasteiger partial charge is 0.277 e. The predicted molar refractivity (Wildman–Crippen MR) is 52.8 cm³/mol. The molecule has 1 N–H and O–H groups in total. The van der Waals surface area contributed by atoms with Gasteiger partial charge in [0.15, 0.2) is 0 Å². The second-order valence-corrected chi connectivity index (χ2v) is 3.50. The SMILES string of the molecule is CONC(=O)CCCCC[C](C)C. The highest BCUT2D eigenvalue weighted by atomic mass is 16.6. The Morgan fingerprint density at radius 2 is 1.77 bits per heavy atom. The van der Waals surface area contributed by atoms with Gasteiger partial charge in [-0.15, -0.1) is 0 Å². The maximum Gasteiger partial charge on any atom is 0.243 e. The van der Waals surface area contributed by atoms with Gasteiger partial charge in [0.1, 0.15) is 0 Å². The van der Waals surface area contributed by atoms with E-state index in [1.165, 1.54) is 25.9 Å². The second kappa shape index (κ2) is 8.05. The van der Waals surface area contributed by atoms with Gasteiger partial charge in [-0.3, -0.25) is 9.63 Å². The first-order valence-corrected chi connectivity index (χ1v) is 4.77. The molecule has 0 saturated carbocycles. The van der Waals surface area contributed by atoms with Gasteiger partial charge in [-0.1, -0.05) is 26.7 Å². The molecule has 3 nitrogen and oxygen atoms in total. The summed E-state index contributed by atoms with van der Waals surface area (Å²) in [6, 6.07) is 0. The van der Waals surface area contributed by atoms with Crippen molar-refractivity contribution in [3.63, 3.8) is 0 Å². The van der Waals surface area contributed by atoms with Crippen LogP contribution >= 0.6 is 0 Å². The van der Waals surface area contributed by atoms with Gasteiger partial charge in [0.05, 0.1) is 7.11 Å². The average Bonchev–Trinajstić information content (AvgIpc) is 2.03. The molecule has 0 spiro atoms. The summed E-state index contributed by atoms with van der Waals surface area (Å²) in [4.78, 5) is 15.4. The molecule has 0 aliphatic carbocycles. The Bertz CT molecular complexity index is 135. The fourth-order valence-corrected chi connectivity index (χ4v) is 1.11. The molecule has 0 aliphatic rings. The van der Waals surface area contributed by atoms with Gasteiger partial charge in [0, 0.05) is 6.42 Å². The van der Waals surface area contributed by atoms with E-state index in [0.717, 1.165) is 12.8 Å². The zero-order valence-electron chi connectivity index (χ0n) is 8.85. The number of hydrogen-bond donors (Lipinski definition) is 1. The molecule has 0 unspecified atom stereocenters. The topological polar surface area (TPSA) is 38.3 Å². The van der Waals surface area contributed by atoms with Crippen LogP contribution in [0.4, 0.5) is 0 Å². The minimum atomic E-state index is -0.0281. The summed E-state index contributed by atoms with van der Waals surface area (Å²) >= 11 is 0. The minimum absolute atomic E-state index is 0.0281. The first-order chi connectivity index (χ1) is 6.16. The molecule has 0 aromatic carbocycles. The maximum atomic E-state index is 10.9. The first-order valence-electron chi connectivity index (χ1n) is 4.77. The van der Waals surface area contributed by atoms with Crippen molar-refractivity contribution in [3.8, 4) is 0 Å². The van der Waals surface area contributed by atoms with Gasteiger partial charge in [-0.25, -0.2) is 5.48 Å². The van der Waals surface area contributed by atoms with Crippen molar-refractivity contribution in [2.24, 2.45) is 0 Å². The van der Waals surface area contributed by atoms with Gasteiger partial charge >= 0.3 is 0 Å². The molecule has 3 heteroatoms. The van der Waals surface area contributed by atoms with Crippen molar-refractivity contribution < 1.29 is 9.63 Å². The Hall–Kier alpha value is -0.570. The number of unbranched alkanes of at least 4 members (excludes halogenated alkanes) is 2. The number of carbonyl (C=O) groups is 1. The molecule has 1 radical (unpaired) electrons. The molecule has 0 saturated heterocycles. The van der Waals surface area contributed by atoms with Crippen LogP contribution in [0.3, 0.4) is 0 Å². The summed E-state index contributed by atoms with van der Waals surface area (Å²) in [6.45, 7) is 4.27. The van der Waals surface area contributed by atoms with E-state index in [-0.39, 0.29) is 5.91 Å². The van der Waals surface area contributed by atoms with Crippen LogP contribution in [0.1, 0.15) is 46.0 Å². The van der Waals surface area contributed by atoms with E-state index in [2.05, 4.69) is 24.2 Å². The smallest absolute Gasteiger partial charge is 0.243 e. The summed E-state index contributed by atoms with van der Waals surface area (Å²) < 4.78 is 0. The number of hydrogen-bond acceptors (Lipinski definition) is 2. The number of nitrogens with one attached hydrogen (secondary N) is 1. The van der Waals surface area contributed by atoms with E-state index in [9.17, 15) is 4.79 Å². The normalized spacial score (nSPS) is 10.5. The third-order valence-corrected chi connectivity index (χ3v) is 1.80. The average molecular weight is 186 g/mol. The Labute approximate surface area is 80.8 Å². The Morgan fingerprint density at radius 3 is 2.31 bits per heavy atom. The fourth-order valence-electron chi connectivity index (χ4n) is 1.11. The molecule has 0 aromatic rings. The van der Waals surface area contributed by atoms with Crippen molar-refractivity contribution in [1.29, 1.82) is 0 Å². The van der Waals surface area contributed by atoms with Crippen LogP contribution in [0, 0.1) is 5.92 Å². The Balaban J connectivity index is 3.11. The summed E-state index contributed by atoms with van der Waals surface area (Å²) in [5, 5.41) is 0. The molecule has 0 aliphatic heterocycles. The van der Waals surface area contributed by atoms with Crippen LogP contribution in [0.25, 0.3) is 0 Å². The van der Waals surface area contributed by atoms with Gasteiger partial charge in [0.25, 0.3) is 0 Å². The van der Waals surface area contributed by atoms with E-state index >= 15 is 0 Å². The predicted octanol–water partition coefficient (Wildman–Crippen LogP) is 2.23. The van der Waals surface area contributed by atoms with Crippen LogP contribution in [0.2, 0.25) is 0 Å². The van der Waals surface area contributed by atoms with Gasteiger partial charge in [-0.2, -0.15) is 0 Å². The first kappa shape index (κ1) is 12.4. The molecule has 0 fully saturated rings. The molecular formula is C10H20NO2. The van der Waals surface area contributed by atoms with Crippen molar-refractivity contribution >= 4 is 5.91 Å². The van der Waals surface area contributed by atoms with E-state index in [4.69, 9.17) is 0 Å². The lowest BCUT2D eigenvalue weighted by atomic mass is 10.0. The van der Waals surface area contributed by atoms with E-state index in [1.54, 1.807) is 0 Å². The molecule has 0 aromatic heterocycles. The van der Waals surface area contributed by atoms with Gasteiger partial charge in [0.2, 0.25) is 5.91 Å². The lowest BCUT2D eigenvalue weighted by Gasteiger charge is -2.03. The molecule has 77 valence electrons. The lowest BCUT2D eigenvalue weighted by Crippen LogP contribution is -2.21. The van der Waals surface area contributed by atoms with Crippen LogP contribution in [0.5, 0.6) is 0 Å². The quantitative estimate of drug-likeness (QED) is 0.489.